The van der Waals surface area contributed by atoms with E-state index in [2.05, 4.69) is 0 Å². The lowest BCUT2D eigenvalue weighted by atomic mass is 10.1. The van der Waals surface area contributed by atoms with Gasteiger partial charge in [-0.2, -0.15) is 0 Å². The molecule has 2 rings (SSSR count). The summed E-state index contributed by atoms with van der Waals surface area (Å²) in [6.45, 7) is 5.05. The van der Waals surface area contributed by atoms with Crippen LogP contribution in [0.5, 0.6) is 0 Å². The van der Waals surface area contributed by atoms with Crippen molar-refractivity contribution in [3.05, 3.63) is 23.5 Å². The number of nitrogens with two attached hydrogens (primary N) is 2. The number of hydrogen-bond acceptors (Lipinski definition) is 4. The molecule has 0 saturated carbocycles. The molecule has 1 heterocycles. The Morgan fingerprint density at radius 2 is 2.25 bits per heavy atom. The van der Waals surface area contributed by atoms with E-state index in [4.69, 9.17) is 16.2 Å². The van der Waals surface area contributed by atoms with Crippen molar-refractivity contribution in [3.8, 4) is 0 Å². The van der Waals surface area contributed by atoms with Gasteiger partial charge in [0.2, 0.25) is 0 Å². The van der Waals surface area contributed by atoms with Crippen LogP contribution in [0.25, 0.3) is 0 Å². The Bertz CT molecular complexity index is 521. The second-order valence-electron chi connectivity index (χ2n) is 5.11. The van der Waals surface area contributed by atoms with E-state index in [0.717, 1.165) is 12.5 Å². The lowest BCUT2D eigenvalue weighted by molar-refractivity contribution is 0.0297. The average Bonchev–Trinajstić information content (AvgIpc) is 2.38. The van der Waals surface area contributed by atoms with Gasteiger partial charge in [0.25, 0.3) is 5.91 Å². The minimum absolute atomic E-state index is 0.00628. The summed E-state index contributed by atoms with van der Waals surface area (Å²) in [6.07, 6.45) is 0.828. The third-order valence-electron chi connectivity index (χ3n) is 3.63. The van der Waals surface area contributed by atoms with Crippen molar-refractivity contribution in [2.24, 2.45) is 5.73 Å². The number of nitrogens with zero attached hydrogens (tertiary/aromatic N) is 1. The summed E-state index contributed by atoms with van der Waals surface area (Å²) in [5.41, 5.74) is 11.5. The number of hydrogen-bond donors (Lipinski definition) is 2. The number of halogens is 1. The minimum Gasteiger partial charge on any atom is -0.398 e. The quantitative estimate of drug-likeness (QED) is 0.823. The fourth-order valence-corrected chi connectivity index (χ4v) is 2.49. The van der Waals surface area contributed by atoms with Gasteiger partial charge in [0.05, 0.1) is 30.0 Å². The van der Waals surface area contributed by atoms with E-state index in [1.807, 2.05) is 18.7 Å². The summed E-state index contributed by atoms with van der Waals surface area (Å²) < 4.78 is 19.8. The van der Waals surface area contributed by atoms with Gasteiger partial charge in [0, 0.05) is 12.2 Å². The largest absolute Gasteiger partial charge is 0.398 e. The van der Waals surface area contributed by atoms with E-state index in [1.165, 1.54) is 6.07 Å². The van der Waals surface area contributed by atoms with Gasteiger partial charge < -0.3 is 21.1 Å². The van der Waals surface area contributed by atoms with Crippen molar-refractivity contribution in [2.45, 2.75) is 32.4 Å². The van der Waals surface area contributed by atoms with Crippen LogP contribution in [0, 0.1) is 5.82 Å². The zero-order valence-corrected chi connectivity index (χ0v) is 11.7. The van der Waals surface area contributed by atoms with Gasteiger partial charge in [-0.25, -0.2) is 4.39 Å². The predicted molar refractivity (Wildman–Crippen MR) is 76.2 cm³/mol. The number of amides is 1. The fraction of sp³-hybridized carbons (Fsp3) is 0.500. The molecule has 4 N–H and O–H groups in total. The number of primary amides is 1. The number of benzene rings is 1. The molecule has 1 aromatic carbocycles. The van der Waals surface area contributed by atoms with Gasteiger partial charge in [-0.15, -0.1) is 0 Å². The van der Waals surface area contributed by atoms with E-state index in [9.17, 15) is 9.18 Å². The van der Waals surface area contributed by atoms with Crippen molar-refractivity contribution in [1.29, 1.82) is 0 Å². The molecule has 1 amide bonds. The Morgan fingerprint density at radius 3 is 2.85 bits per heavy atom. The molecule has 0 radical (unpaired) electrons. The molecule has 1 aliphatic heterocycles. The maximum absolute atomic E-state index is 14.2. The monoisotopic (exact) mass is 281 g/mol. The molecule has 2 atom stereocenters. The van der Waals surface area contributed by atoms with Crippen LogP contribution in [0.4, 0.5) is 15.8 Å². The number of nitrogen functional groups attached to an aromatic ring is 1. The van der Waals surface area contributed by atoms with E-state index in [0.29, 0.717) is 18.8 Å². The van der Waals surface area contributed by atoms with Gasteiger partial charge in [0.15, 0.2) is 0 Å². The molecule has 20 heavy (non-hydrogen) atoms. The van der Waals surface area contributed by atoms with Gasteiger partial charge in [-0.05, 0) is 25.5 Å². The number of rotatable bonds is 3. The summed E-state index contributed by atoms with van der Waals surface area (Å²) in [6, 6.07) is 2.67. The Hall–Kier alpha value is -1.82. The first kappa shape index (κ1) is 14.6. The van der Waals surface area contributed by atoms with Crippen LogP contribution in [-0.2, 0) is 4.74 Å². The third-order valence-corrected chi connectivity index (χ3v) is 3.63. The highest BCUT2D eigenvalue weighted by Crippen LogP contribution is 2.29. The molecule has 1 saturated heterocycles. The summed E-state index contributed by atoms with van der Waals surface area (Å²) >= 11 is 0. The van der Waals surface area contributed by atoms with Gasteiger partial charge in [-0.3, -0.25) is 4.79 Å². The normalized spacial score (nSPS) is 22.9. The SMILES string of the molecule is CCC1COC(C)CN1c1cc(C(N)=O)c(N)cc1F. The molecule has 0 bridgehead atoms. The summed E-state index contributed by atoms with van der Waals surface area (Å²) in [5, 5.41) is 0. The molecule has 1 aromatic rings. The maximum atomic E-state index is 14.2. The molecular weight excluding hydrogens is 261 g/mol. The maximum Gasteiger partial charge on any atom is 0.250 e. The van der Waals surface area contributed by atoms with Gasteiger partial charge in [-0.1, -0.05) is 6.92 Å². The molecule has 110 valence electrons. The van der Waals surface area contributed by atoms with E-state index in [-0.39, 0.29) is 23.4 Å². The Labute approximate surface area is 117 Å². The minimum atomic E-state index is -0.655. The van der Waals surface area contributed by atoms with E-state index < -0.39 is 11.7 Å². The number of ether oxygens (including phenoxy) is 1. The van der Waals surface area contributed by atoms with Crippen LogP contribution >= 0.6 is 0 Å². The smallest absolute Gasteiger partial charge is 0.250 e. The second-order valence-corrected chi connectivity index (χ2v) is 5.11. The number of carbonyl (C=O) groups excluding carboxylic acids is 1. The van der Waals surface area contributed by atoms with Crippen molar-refractivity contribution in [2.75, 3.05) is 23.8 Å². The van der Waals surface area contributed by atoms with Crippen LogP contribution < -0.4 is 16.4 Å². The van der Waals surface area contributed by atoms with Gasteiger partial charge in [0.1, 0.15) is 5.82 Å². The molecule has 2 unspecified atom stereocenters. The van der Waals surface area contributed by atoms with Gasteiger partial charge >= 0.3 is 0 Å². The first-order chi connectivity index (χ1) is 9.43. The number of carbonyl (C=O) groups is 1. The molecular formula is C14H20FN3O2. The molecule has 1 fully saturated rings. The topological polar surface area (TPSA) is 81.6 Å². The van der Waals surface area contributed by atoms with Crippen LogP contribution in [0.15, 0.2) is 12.1 Å². The lowest BCUT2D eigenvalue weighted by Crippen LogP contribution is -2.49. The van der Waals surface area contributed by atoms with Crippen LogP contribution in [0.1, 0.15) is 30.6 Å². The average molecular weight is 281 g/mol. The second kappa shape index (κ2) is 5.66. The molecule has 1 aliphatic rings. The van der Waals surface area contributed by atoms with Crippen LogP contribution in [-0.4, -0.2) is 31.2 Å². The summed E-state index contributed by atoms with van der Waals surface area (Å²) in [7, 11) is 0. The summed E-state index contributed by atoms with van der Waals surface area (Å²) in [5.74, 6) is -1.10. The zero-order valence-electron chi connectivity index (χ0n) is 11.7. The molecule has 0 aliphatic carbocycles. The highest BCUT2D eigenvalue weighted by atomic mass is 19.1. The molecule has 0 aromatic heterocycles. The zero-order chi connectivity index (χ0) is 14.9. The third kappa shape index (κ3) is 2.70. The van der Waals surface area contributed by atoms with E-state index >= 15 is 0 Å². The highest BCUT2D eigenvalue weighted by molar-refractivity contribution is 5.99. The predicted octanol–water partition coefficient (Wildman–Crippen LogP) is 1.51. The van der Waals surface area contributed by atoms with Crippen molar-refractivity contribution in [3.63, 3.8) is 0 Å². The number of anilines is 2. The molecule has 5 nitrogen and oxygen atoms in total. The van der Waals surface area contributed by atoms with Crippen molar-refractivity contribution in [1.82, 2.24) is 0 Å². The van der Waals surface area contributed by atoms with Crippen molar-refractivity contribution < 1.29 is 13.9 Å². The Morgan fingerprint density at radius 1 is 1.55 bits per heavy atom. The lowest BCUT2D eigenvalue weighted by Gasteiger charge is -2.40. The highest BCUT2D eigenvalue weighted by Gasteiger charge is 2.28. The molecule has 6 heteroatoms. The molecule has 0 spiro atoms. The fourth-order valence-electron chi connectivity index (χ4n) is 2.49. The Balaban J connectivity index is 2.44. The first-order valence-electron chi connectivity index (χ1n) is 6.71. The van der Waals surface area contributed by atoms with E-state index in [1.54, 1.807) is 0 Å². The van der Waals surface area contributed by atoms with Crippen molar-refractivity contribution >= 4 is 17.3 Å². The first-order valence-corrected chi connectivity index (χ1v) is 6.71. The van der Waals surface area contributed by atoms with Crippen LogP contribution in [0.3, 0.4) is 0 Å². The summed E-state index contributed by atoms with van der Waals surface area (Å²) in [4.78, 5) is 13.3. The standard InChI is InChI=1S/C14H20FN3O2/c1-3-9-7-20-8(2)6-18(9)13-4-10(14(17)19)12(16)5-11(13)15/h4-5,8-9H,3,6-7,16H2,1-2H3,(H2,17,19). The van der Waals surface area contributed by atoms with Crippen LogP contribution in [0.2, 0.25) is 0 Å². The Kier molecular flexibility index (Phi) is 4.13. The number of morpholine rings is 1.